The van der Waals surface area contributed by atoms with Crippen molar-refractivity contribution in [3.8, 4) is 5.69 Å². The quantitative estimate of drug-likeness (QED) is 0.798. The summed E-state index contributed by atoms with van der Waals surface area (Å²) in [4.78, 5) is 17.0. The van der Waals surface area contributed by atoms with Crippen LogP contribution in [0.25, 0.3) is 5.69 Å². The highest BCUT2D eigenvalue weighted by atomic mass is 32.1. The van der Waals surface area contributed by atoms with Crippen LogP contribution >= 0.6 is 11.3 Å². The molecule has 1 amide bonds. The molecule has 0 aliphatic heterocycles. The van der Waals surface area contributed by atoms with Crippen molar-refractivity contribution in [2.24, 2.45) is 0 Å². The fraction of sp³-hybridized carbons (Fsp3) is 0.214. The van der Waals surface area contributed by atoms with Crippen LogP contribution in [0.15, 0.2) is 30.5 Å². The molecule has 0 unspecified atom stereocenters. The number of tetrazole rings is 1. The lowest BCUT2D eigenvalue weighted by molar-refractivity contribution is 0.103. The van der Waals surface area contributed by atoms with E-state index in [9.17, 15) is 4.79 Å². The summed E-state index contributed by atoms with van der Waals surface area (Å²) in [6.45, 7) is 3.83. The number of aromatic nitrogens is 5. The SMILES string of the molecule is CCc1ncc(C(=O)Nc2cccc(-n3nnnc3C)c2)s1. The molecule has 0 saturated heterocycles. The zero-order valence-electron chi connectivity index (χ0n) is 12.1. The topological polar surface area (TPSA) is 85.6 Å². The minimum Gasteiger partial charge on any atom is -0.321 e. The first-order valence-electron chi connectivity index (χ1n) is 6.79. The van der Waals surface area contributed by atoms with E-state index in [-0.39, 0.29) is 5.91 Å². The maximum atomic E-state index is 12.2. The van der Waals surface area contributed by atoms with E-state index in [1.807, 2.05) is 38.1 Å². The largest absolute Gasteiger partial charge is 0.321 e. The van der Waals surface area contributed by atoms with Crippen molar-refractivity contribution in [3.05, 3.63) is 46.2 Å². The summed E-state index contributed by atoms with van der Waals surface area (Å²) in [7, 11) is 0. The van der Waals surface area contributed by atoms with Crippen LogP contribution in [0.3, 0.4) is 0 Å². The molecule has 3 aromatic rings. The monoisotopic (exact) mass is 314 g/mol. The molecule has 3 rings (SSSR count). The minimum atomic E-state index is -0.164. The number of carbonyl (C=O) groups is 1. The van der Waals surface area contributed by atoms with E-state index in [1.165, 1.54) is 11.3 Å². The van der Waals surface area contributed by atoms with Crippen LogP contribution < -0.4 is 5.32 Å². The van der Waals surface area contributed by atoms with Gasteiger partial charge in [0.25, 0.3) is 5.91 Å². The van der Waals surface area contributed by atoms with Gasteiger partial charge in [0.15, 0.2) is 5.82 Å². The predicted octanol–water partition coefficient (Wildman–Crippen LogP) is 2.24. The van der Waals surface area contributed by atoms with Gasteiger partial charge in [0.1, 0.15) is 4.88 Å². The van der Waals surface area contributed by atoms with Gasteiger partial charge in [0.2, 0.25) is 0 Å². The number of aryl methyl sites for hydroxylation is 2. The molecule has 1 aromatic carbocycles. The van der Waals surface area contributed by atoms with Gasteiger partial charge in [-0.15, -0.1) is 16.4 Å². The summed E-state index contributed by atoms with van der Waals surface area (Å²) in [5.74, 6) is 0.515. The fourth-order valence-electron chi connectivity index (χ4n) is 1.96. The van der Waals surface area contributed by atoms with E-state index in [0.717, 1.165) is 17.1 Å². The Labute approximate surface area is 131 Å². The average molecular weight is 314 g/mol. The fourth-order valence-corrected chi connectivity index (χ4v) is 2.71. The lowest BCUT2D eigenvalue weighted by Gasteiger charge is -2.06. The first-order chi connectivity index (χ1) is 10.7. The van der Waals surface area contributed by atoms with E-state index in [1.54, 1.807) is 10.9 Å². The summed E-state index contributed by atoms with van der Waals surface area (Å²) in [5.41, 5.74) is 1.47. The van der Waals surface area contributed by atoms with E-state index in [2.05, 4.69) is 25.8 Å². The highest BCUT2D eigenvalue weighted by Crippen LogP contribution is 2.18. The standard InChI is InChI=1S/C14H14N6OS/c1-3-13-15-8-12(22-13)14(21)16-10-5-4-6-11(7-10)20-9(2)17-18-19-20/h4-8H,3H2,1-2H3,(H,16,21). The van der Waals surface area contributed by atoms with Crippen molar-refractivity contribution in [1.29, 1.82) is 0 Å². The molecule has 8 heteroatoms. The van der Waals surface area contributed by atoms with E-state index >= 15 is 0 Å². The predicted molar refractivity (Wildman–Crippen MR) is 83.3 cm³/mol. The molecule has 2 aromatic heterocycles. The molecule has 0 aliphatic rings. The number of nitrogens with zero attached hydrogens (tertiary/aromatic N) is 5. The van der Waals surface area contributed by atoms with Crippen LogP contribution in [0.1, 0.15) is 27.4 Å². The third-order valence-corrected chi connectivity index (χ3v) is 4.19. The summed E-state index contributed by atoms with van der Waals surface area (Å²) < 4.78 is 1.61. The molecule has 0 fully saturated rings. The van der Waals surface area contributed by atoms with E-state index in [4.69, 9.17) is 0 Å². The second-order valence-corrected chi connectivity index (χ2v) is 5.73. The van der Waals surface area contributed by atoms with Crippen molar-refractivity contribution in [1.82, 2.24) is 25.2 Å². The third kappa shape index (κ3) is 2.86. The Bertz CT molecular complexity index is 809. The maximum Gasteiger partial charge on any atom is 0.267 e. The van der Waals surface area contributed by atoms with E-state index in [0.29, 0.717) is 16.4 Å². The Balaban J connectivity index is 1.81. The molecule has 0 spiro atoms. The number of nitrogens with one attached hydrogen (secondary N) is 1. The molecule has 0 aliphatic carbocycles. The molecule has 7 nitrogen and oxygen atoms in total. The number of amides is 1. The van der Waals surface area contributed by atoms with Gasteiger partial charge in [0, 0.05) is 5.69 Å². The lowest BCUT2D eigenvalue weighted by Crippen LogP contribution is -2.10. The van der Waals surface area contributed by atoms with Gasteiger partial charge in [-0.1, -0.05) is 13.0 Å². The Kier molecular flexibility index (Phi) is 3.92. The molecule has 1 N–H and O–H groups in total. The second-order valence-electron chi connectivity index (χ2n) is 4.61. The Hall–Kier alpha value is -2.61. The van der Waals surface area contributed by atoms with Gasteiger partial charge in [0.05, 0.1) is 16.9 Å². The average Bonchev–Trinajstić information content (AvgIpc) is 3.16. The molecule has 0 saturated carbocycles. The van der Waals surface area contributed by atoms with Crippen LogP contribution in [0, 0.1) is 6.92 Å². The highest BCUT2D eigenvalue weighted by Gasteiger charge is 2.11. The van der Waals surface area contributed by atoms with Crippen LogP contribution in [-0.2, 0) is 6.42 Å². The van der Waals surface area contributed by atoms with Crippen molar-refractivity contribution in [2.75, 3.05) is 5.32 Å². The van der Waals surface area contributed by atoms with Gasteiger partial charge >= 0.3 is 0 Å². The highest BCUT2D eigenvalue weighted by molar-refractivity contribution is 7.13. The normalized spacial score (nSPS) is 10.6. The Morgan fingerprint density at radius 3 is 2.95 bits per heavy atom. The smallest absolute Gasteiger partial charge is 0.267 e. The number of rotatable bonds is 4. The van der Waals surface area contributed by atoms with Gasteiger partial charge in [-0.25, -0.2) is 4.98 Å². The molecule has 0 bridgehead atoms. The number of carbonyl (C=O) groups excluding carboxylic acids is 1. The van der Waals surface area contributed by atoms with Crippen molar-refractivity contribution < 1.29 is 4.79 Å². The molecule has 2 heterocycles. The van der Waals surface area contributed by atoms with Crippen LogP contribution in [0.4, 0.5) is 5.69 Å². The first kappa shape index (κ1) is 14.3. The zero-order chi connectivity index (χ0) is 15.5. The van der Waals surface area contributed by atoms with Crippen molar-refractivity contribution >= 4 is 22.9 Å². The number of anilines is 1. The van der Waals surface area contributed by atoms with Crippen LogP contribution in [-0.4, -0.2) is 31.1 Å². The Morgan fingerprint density at radius 1 is 1.41 bits per heavy atom. The lowest BCUT2D eigenvalue weighted by atomic mass is 10.2. The summed E-state index contributed by atoms with van der Waals surface area (Å²) >= 11 is 1.40. The zero-order valence-corrected chi connectivity index (χ0v) is 13.0. The number of thiazole rings is 1. The Morgan fingerprint density at radius 2 is 2.27 bits per heavy atom. The molecule has 0 radical (unpaired) electrons. The van der Waals surface area contributed by atoms with E-state index < -0.39 is 0 Å². The second kappa shape index (κ2) is 6.02. The molecule has 22 heavy (non-hydrogen) atoms. The molecule has 0 atom stereocenters. The van der Waals surface area contributed by atoms with Gasteiger partial charge in [-0.3, -0.25) is 4.79 Å². The summed E-state index contributed by atoms with van der Waals surface area (Å²) in [6.07, 6.45) is 2.43. The van der Waals surface area contributed by atoms with Crippen LogP contribution in [0.2, 0.25) is 0 Å². The third-order valence-electron chi connectivity index (χ3n) is 3.05. The number of benzene rings is 1. The van der Waals surface area contributed by atoms with Gasteiger partial charge < -0.3 is 5.32 Å². The molecular weight excluding hydrogens is 300 g/mol. The molecular formula is C14H14N6OS. The van der Waals surface area contributed by atoms with Gasteiger partial charge in [-0.2, -0.15) is 4.68 Å². The number of hydrogen-bond acceptors (Lipinski definition) is 6. The van der Waals surface area contributed by atoms with Crippen molar-refractivity contribution in [3.63, 3.8) is 0 Å². The number of hydrogen-bond donors (Lipinski definition) is 1. The van der Waals surface area contributed by atoms with Gasteiger partial charge in [-0.05, 0) is 42.0 Å². The minimum absolute atomic E-state index is 0.164. The maximum absolute atomic E-state index is 12.2. The van der Waals surface area contributed by atoms with Crippen LogP contribution in [0.5, 0.6) is 0 Å². The summed E-state index contributed by atoms with van der Waals surface area (Å²) in [5, 5.41) is 15.2. The first-order valence-corrected chi connectivity index (χ1v) is 7.60. The summed E-state index contributed by atoms with van der Waals surface area (Å²) in [6, 6.07) is 7.36. The van der Waals surface area contributed by atoms with Crippen molar-refractivity contribution in [2.45, 2.75) is 20.3 Å². The molecule has 112 valence electrons.